The lowest BCUT2D eigenvalue weighted by Gasteiger charge is -2.14. The minimum absolute atomic E-state index is 0.0788. The monoisotopic (exact) mass is 195 g/mol. The summed E-state index contributed by atoms with van der Waals surface area (Å²) in [6, 6.07) is 1.12. The Morgan fingerprint density at radius 1 is 1.57 bits per heavy atom. The smallest absolute Gasteiger partial charge is 0.228 e. The normalized spacial score (nSPS) is 21.7. The van der Waals surface area contributed by atoms with E-state index < -0.39 is 5.82 Å². The molecule has 1 saturated heterocycles. The molecule has 0 aromatic carbocycles. The van der Waals surface area contributed by atoms with Crippen molar-refractivity contribution in [2.24, 2.45) is 5.73 Å². The lowest BCUT2D eigenvalue weighted by Crippen LogP contribution is -2.28. The van der Waals surface area contributed by atoms with Gasteiger partial charge in [-0.05, 0) is 0 Å². The van der Waals surface area contributed by atoms with Gasteiger partial charge in [0.1, 0.15) is 5.82 Å². The Balaban J connectivity index is 2.27. The first-order chi connectivity index (χ1) is 6.66. The van der Waals surface area contributed by atoms with E-state index in [1.54, 1.807) is 0 Å². The Morgan fingerprint density at radius 2 is 2.36 bits per heavy atom. The van der Waals surface area contributed by atoms with Crippen molar-refractivity contribution in [1.29, 1.82) is 0 Å². The summed E-state index contributed by atoms with van der Waals surface area (Å²) in [5.41, 5.74) is 6.09. The molecule has 0 bridgehead atoms. The van der Waals surface area contributed by atoms with Crippen LogP contribution < -0.4 is 10.6 Å². The molecule has 4 nitrogen and oxygen atoms in total. The molecule has 0 radical (unpaired) electrons. The van der Waals surface area contributed by atoms with E-state index in [1.807, 2.05) is 0 Å². The van der Waals surface area contributed by atoms with Crippen molar-refractivity contribution in [2.45, 2.75) is 12.5 Å². The van der Waals surface area contributed by atoms with E-state index in [0.29, 0.717) is 18.7 Å². The van der Waals surface area contributed by atoms with Gasteiger partial charge in [-0.25, -0.2) is 4.39 Å². The number of nitrogens with zero attached hydrogens (tertiary/aromatic N) is 2. The zero-order valence-corrected chi connectivity index (χ0v) is 7.48. The summed E-state index contributed by atoms with van der Waals surface area (Å²) in [6.45, 7) is 0.434. The summed E-state index contributed by atoms with van der Waals surface area (Å²) in [7, 11) is 0. The zero-order chi connectivity index (χ0) is 10.1. The highest BCUT2D eigenvalue weighted by Crippen LogP contribution is 2.20. The molecule has 1 aromatic heterocycles. The molecule has 1 aliphatic rings. The number of rotatable bonds is 1. The third kappa shape index (κ3) is 1.58. The lowest BCUT2D eigenvalue weighted by molar-refractivity contribution is -0.117. The van der Waals surface area contributed by atoms with Crippen molar-refractivity contribution in [2.75, 3.05) is 11.4 Å². The quantitative estimate of drug-likeness (QED) is 0.700. The molecule has 2 N–H and O–H groups in total. The van der Waals surface area contributed by atoms with E-state index in [0.717, 1.165) is 6.20 Å². The maximum atomic E-state index is 12.8. The fourth-order valence-electron chi connectivity index (χ4n) is 1.53. The van der Waals surface area contributed by atoms with Crippen LogP contribution in [0.3, 0.4) is 0 Å². The Morgan fingerprint density at radius 3 is 2.93 bits per heavy atom. The fourth-order valence-corrected chi connectivity index (χ4v) is 1.53. The van der Waals surface area contributed by atoms with Crippen LogP contribution in [0.25, 0.3) is 0 Å². The highest BCUT2D eigenvalue weighted by Gasteiger charge is 2.28. The number of nitrogens with two attached hydrogens (primary N) is 1. The third-order valence-corrected chi connectivity index (χ3v) is 2.16. The minimum Gasteiger partial charge on any atom is -0.326 e. The maximum Gasteiger partial charge on any atom is 0.228 e. The van der Waals surface area contributed by atoms with Crippen LogP contribution in [0.2, 0.25) is 0 Å². The summed E-state index contributed by atoms with van der Waals surface area (Å²) in [4.78, 5) is 16.5. The number of aromatic nitrogens is 1. The number of carbonyl (C=O) groups is 1. The number of halogens is 1. The third-order valence-electron chi connectivity index (χ3n) is 2.16. The Labute approximate surface area is 80.5 Å². The van der Waals surface area contributed by atoms with Crippen molar-refractivity contribution < 1.29 is 9.18 Å². The topological polar surface area (TPSA) is 59.2 Å². The van der Waals surface area contributed by atoms with Crippen LogP contribution in [-0.2, 0) is 4.79 Å². The summed E-state index contributed by atoms with van der Waals surface area (Å²) in [5.74, 6) is -0.527. The molecule has 2 rings (SSSR count). The average molecular weight is 195 g/mol. The van der Waals surface area contributed by atoms with Gasteiger partial charge in [0.2, 0.25) is 5.91 Å². The van der Waals surface area contributed by atoms with Crippen LogP contribution in [0.1, 0.15) is 6.42 Å². The molecule has 1 unspecified atom stereocenters. The molecule has 1 atom stereocenters. The molecule has 0 spiro atoms. The molecule has 5 heteroatoms. The lowest BCUT2D eigenvalue weighted by atomic mass is 10.3. The predicted octanol–water partition coefficient (Wildman–Crippen LogP) is 0.285. The SMILES string of the molecule is NC1CC(=O)N(c2cncc(F)c2)C1. The van der Waals surface area contributed by atoms with Crippen molar-refractivity contribution in [3.05, 3.63) is 24.3 Å². The number of amides is 1. The Kier molecular flexibility index (Phi) is 2.17. The van der Waals surface area contributed by atoms with Gasteiger partial charge in [-0.3, -0.25) is 9.78 Å². The van der Waals surface area contributed by atoms with Crippen molar-refractivity contribution >= 4 is 11.6 Å². The second kappa shape index (κ2) is 3.34. The van der Waals surface area contributed by atoms with Crippen LogP contribution >= 0.6 is 0 Å². The fraction of sp³-hybridized carbons (Fsp3) is 0.333. The molecule has 0 saturated carbocycles. The van der Waals surface area contributed by atoms with Crippen LogP contribution in [0, 0.1) is 5.82 Å². The average Bonchev–Trinajstić information content (AvgIpc) is 2.45. The molecule has 1 aliphatic heterocycles. The number of carbonyl (C=O) groups excluding carboxylic acids is 1. The van der Waals surface area contributed by atoms with Gasteiger partial charge >= 0.3 is 0 Å². The Hall–Kier alpha value is -1.49. The van der Waals surface area contributed by atoms with Gasteiger partial charge in [0.15, 0.2) is 0 Å². The van der Waals surface area contributed by atoms with Gasteiger partial charge in [0, 0.05) is 25.1 Å². The van der Waals surface area contributed by atoms with Crippen LogP contribution in [0.15, 0.2) is 18.5 Å². The molecule has 14 heavy (non-hydrogen) atoms. The number of hydrogen-bond donors (Lipinski definition) is 1. The van der Waals surface area contributed by atoms with Crippen LogP contribution in [0.5, 0.6) is 0 Å². The molecule has 2 heterocycles. The summed E-state index contributed by atoms with van der Waals surface area (Å²) in [6.07, 6.45) is 2.87. The summed E-state index contributed by atoms with van der Waals surface area (Å²) >= 11 is 0. The molecular formula is C9H10FN3O. The van der Waals surface area contributed by atoms with Crippen LogP contribution in [-0.4, -0.2) is 23.5 Å². The number of hydrogen-bond acceptors (Lipinski definition) is 3. The van der Waals surface area contributed by atoms with Crippen molar-refractivity contribution in [1.82, 2.24) is 4.98 Å². The van der Waals surface area contributed by atoms with Crippen molar-refractivity contribution in [3.8, 4) is 0 Å². The van der Waals surface area contributed by atoms with Gasteiger partial charge in [-0.2, -0.15) is 0 Å². The predicted molar refractivity (Wildman–Crippen MR) is 49.1 cm³/mol. The second-order valence-electron chi connectivity index (χ2n) is 3.33. The number of pyridine rings is 1. The first kappa shape index (κ1) is 9.08. The first-order valence-electron chi connectivity index (χ1n) is 4.33. The largest absolute Gasteiger partial charge is 0.326 e. The zero-order valence-electron chi connectivity index (χ0n) is 7.48. The first-order valence-corrected chi connectivity index (χ1v) is 4.33. The Bertz CT molecular complexity index is 369. The van der Waals surface area contributed by atoms with Crippen molar-refractivity contribution in [3.63, 3.8) is 0 Å². The highest BCUT2D eigenvalue weighted by molar-refractivity contribution is 5.96. The molecule has 1 fully saturated rings. The summed E-state index contributed by atoms with van der Waals surface area (Å²) < 4.78 is 12.8. The van der Waals surface area contributed by atoms with E-state index in [-0.39, 0.29) is 11.9 Å². The molecule has 0 aliphatic carbocycles. The number of anilines is 1. The van der Waals surface area contributed by atoms with Gasteiger partial charge in [0.05, 0.1) is 18.1 Å². The molecule has 1 aromatic rings. The highest BCUT2D eigenvalue weighted by atomic mass is 19.1. The van der Waals surface area contributed by atoms with Gasteiger partial charge in [-0.1, -0.05) is 0 Å². The van der Waals surface area contributed by atoms with E-state index in [1.165, 1.54) is 17.2 Å². The van der Waals surface area contributed by atoms with E-state index in [9.17, 15) is 9.18 Å². The minimum atomic E-state index is -0.448. The molecule has 74 valence electrons. The van der Waals surface area contributed by atoms with E-state index in [4.69, 9.17) is 5.73 Å². The summed E-state index contributed by atoms with van der Waals surface area (Å²) in [5, 5.41) is 0. The van der Waals surface area contributed by atoms with E-state index >= 15 is 0 Å². The molecular weight excluding hydrogens is 185 g/mol. The van der Waals surface area contributed by atoms with Crippen LogP contribution in [0.4, 0.5) is 10.1 Å². The van der Waals surface area contributed by atoms with Gasteiger partial charge in [-0.15, -0.1) is 0 Å². The van der Waals surface area contributed by atoms with Gasteiger partial charge in [0.25, 0.3) is 0 Å². The van der Waals surface area contributed by atoms with Gasteiger partial charge < -0.3 is 10.6 Å². The standard InChI is InChI=1S/C9H10FN3O/c10-6-1-8(4-12-3-6)13-5-7(11)2-9(13)14/h1,3-4,7H,2,5,11H2. The molecule has 1 amide bonds. The van der Waals surface area contributed by atoms with E-state index in [2.05, 4.69) is 4.98 Å². The maximum absolute atomic E-state index is 12.8. The second-order valence-corrected chi connectivity index (χ2v) is 3.33.